The highest BCUT2D eigenvalue weighted by atomic mass is 16.5. The van der Waals surface area contributed by atoms with Gasteiger partial charge in [-0.3, -0.25) is 9.69 Å². The van der Waals surface area contributed by atoms with Crippen molar-refractivity contribution < 1.29 is 20.1 Å². The predicted molar refractivity (Wildman–Crippen MR) is 232 cm³/mol. The summed E-state index contributed by atoms with van der Waals surface area (Å²) in [5.74, 6) is 0.399. The van der Waals surface area contributed by atoms with Gasteiger partial charge in [0.25, 0.3) is 5.56 Å². The van der Waals surface area contributed by atoms with Crippen LogP contribution in [0.4, 0.5) is 5.69 Å². The number of anilines is 1. The zero-order valence-electron chi connectivity index (χ0n) is 34.6. The Labute approximate surface area is 347 Å². The number of piperazine rings is 1. The van der Waals surface area contributed by atoms with Crippen LogP contribution in [-0.2, 0) is 36.3 Å². The average Bonchev–Trinajstić information content (AvgIpc) is 3.81. The van der Waals surface area contributed by atoms with Crippen molar-refractivity contribution in [2.45, 2.75) is 78.0 Å². The number of nitrogens with one attached hydrogen (secondary N) is 1. The van der Waals surface area contributed by atoms with E-state index in [-0.39, 0.29) is 41.2 Å². The molecule has 0 amide bonds. The number of rotatable bonds is 10. The van der Waals surface area contributed by atoms with Crippen molar-refractivity contribution in [1.29, 1.82) is 0 Å². The van der Waals surface area contributed by atoms with Crippen LogP contribution >= 0.6 is 0 Å². The van der Waals surface area contributed by atoms with Crippen LogP contribution in [0.3, 0.4) is 0 Å². The predicted octanol–water partition coefficient (Wildman–Crippen LogP) is 6.46. The lowest BCUT2D eigenvalue weighted by molar-refractivity contribution is -0.0172. The molecule has 0 aliphatic carbocycles. The van der Waals surface area contributed by atoms with Crippen LogP contribution in [-0.4, -0.2) is 77.3 Å². The van der Waals surface area contributed by atoms with Crippen molar-refractivity contribution in [3.63, 3.8) is 0 Å². The molecule has 0 spiro atoms. The molecule has 1 unspecified atom stereocenters. The Morgan fingerprint density at radius 1 is 0.933 bits per heavy atom. The Bertz CT molecular complexity index is 2800. The highest BCUT2D eigenvalue weighted by molar-refractivity contribution is 5.88. The maximum absolute atomic E-state index is 13.8. The average molecular weight is 810 g/mol. The minimum absolute atomic E-state index is 0.000775. The SMILES string of the molecule is C=C1OCc2c(cc3n(c2=O)Cc2c-3nc3ccc(CCCN4CCN(c5ccc(-n6c(-c7cc(C(C)C)c(O)cc7O)n[nH]c6=O)cc5)CC4)cc3c2CC)C1(O)CC. The van der Waals surface area contributed by atoms with Gasteiger partial charge >= 0.3 is 5.69 Å². The molecule has 6 heterocycles. The lowest BCUT2D eigenvalue weighted by Gasteiger charge is -2.36. The summed E-state index contributed by atoms with van der Waals surface area (Å²) >= 11 is 0. The molecule has 3 aromatic heterocycles. The van der Waals surface area contributed by atoms with Gasteiger partial charge in [-0.15, -0.1) is 0 Å². The minimum Gasteiger partial charge on any atom is -0.508 e. The number of aromatic nitrogens is 5. The first kappa shape index (κ1) is 39.3. The number of benzene rings is 3. The van der Waals surface area contributed by atoms with Crippen LogP contribution in [0.2, 0.25) is 0 Å². The monoisotopic (exact) mass is 809 g/mol. The van der Waals surface area contributed by atoms with Crippen molar-refractivity contribution in [3.05, 3.63) is 127 Å². The van der Waals surface area contributed by atoms with E-state index in [2.05, 4.69) is 51.7 Å². The summed E-state index contributed by atoms with van der Waals surface area (Å²) in [6, 6.07) is 19.3. The van der Waals surface area contributed by atoms with E-state index in [1.165, 1.54) is 21.8 Å². The summed E-state index contributed by atoms with van der Waals surface area (Å²) in [5.41, 5.74) is 7.81. The second-order valence-electron chi connectivity index (χ2n) is 16.6. The van der Waals surface area contributed by atoms with Crippen LogP contribution in [0.15, 0.2) is 82.6 Å². The molecule has 1 atom stereocenters. The van der Waals surface area contributed by atoms with E-state index in [4.69, 9.17) is 9.72 Å². The molecular weight excluding hydrogens is 759 g/mol. The van der Waals surface area contributed by atoms with Crippen molar-refractivity contribution in [3.8, 4) is 40.0 Å². The smallest absolute Gasteiger partial charge is 0.348 e. The molecule has 6 aromatic rings. The number of phenolic OH excluding ortho intramolecular Hbond substituents is 2. The second kappa shape index (κ2) is 15.1. The van der Waals surface area contributed by atoms with E-state index < -0.39 is 11.3 Å². The van der Waals surface area contributed by atoms with Gasteiger partial charge in [-0.25, -0.2) is 19.4 Å². The van der Waals surface area contributed by atoms with Gasteiger partial charge in [0.1, 0.15) is 29.5 Å². The second-order valence-corrected chi connectivity index (χ2v) is 16.6. The van der Waals surface area contributed by atoms with E-state index >= 15 is 0 Å². The number of hydrogen-bond donors (Lipinski definition) is 4. The lowest BCUT2D eigenvalue weighted by atomic mass is 9.84. The van der Waals surface area contributed by atoms with E-state index in [0.29, 0.717) is 40.9 Å². The van der Waals surface area contributed by atoms with Crippen LogP contribution in [0.1, 0.15) is 79.8 Å². The van der Waals surface area contributed by atoms with Gasteiger partial charge in [0.15, 0.2) is 5.82 Å². The van der Waals surface area contributed by atoms with E-state index in [1.807, 2.05) is 51.1 Å². The fourth-order valence-electron chi connectivity index (χ4n) is 9.38. The number of aryl methyl sites for hydroxylation is 2. The molecule has 3 aliphatic heterocycles. The van der Waals surface area contributed by atoms with Crippen LogP contribution in [0.5, 0.6) is 11.5 Å². The van der Waals surface area contributed by atoms with Gasteiger partial charge in [0.2, 0.25) is 0 Å². The number of H-pyrrole nitrogens is 1. The van der Waals surface area contributed by atoms with Crippen molar-refractivity contribution >= 4 is 16.6 Å². The summed E-state index contributed by atoms with van der Waals surface area (Å²) in [4.78, 5) is 36.7. The summed E-state index contributed by atoms with van der Waals surface area (Å²) in [5, 5.41) is 40.4. The molecule has 1 fully saturated rings. The van der Waals surface area contributed by atoms with E-state index in [0.717, 1.165) is 85.5 Å². The Morgan fingerprint density at radius 2 is 1.68 bits per heavy atom. The molecule has 310 valence electrons. The number of hydrogen-bond acceptors (Lipinski definition) is 10. The third-order valence-corrected chi connectivity index (χ3v) is 12.9. The number of aromatic amines is 1. The molecule has 4 N–H and O–H groups in total. The maximum atomic E-state index is 13.8. The van der Waals surface area contributed by atoms with Gasteiger partial charge in [-0.2, -0.15) is 5.10 Å². The first-order chi connectivity index (χ1) is 28.9. The Balaban J connectivity index is 0.848. The quantitative estimate of drug-likeness (QED) is 0.121. The normalized spacial score (nSPS) is 17.6. The number of ether oxygens (including phenoxy) is 1. The Hall–Kier alpha value is -6.18. The fourth-order valence-corrected chi connectivity index (χ4v) is 9.38. The Morgan fingerprint density at radius 3 is 2.40 bits per heavy atom. The third kappa shape index (κ3) is 6.47. The summed E-state index contributed by atoms with van der Waals surface area (Å²) in [6.07, 6.45) is 3.13. The largest absolute Gasteiger partial charge is 0.508 e. The number of phenols is 2. The zero-order chi connectivity index (χ0) is 42.0. The van der Waals surface area contributed by atoms with Crippen molar-refractivity contribution in [2.75, 3.05) is 37.6 Å². The number of aliphatic hydroxyl groups is 1. The molecule has 1 saturated heterocycles. The standard InChI is InChI=1S/C47H51N7O6/c1-6-32-34-21-29(10-15-39(34)48-43-36(32)25-53-40(43)23-38-37(45(53)57)26-60-28(5)47(38,59)7-2)9-8-16-51-17-19-52(20-18-51)30-11-13-31(14-12-30)54-44(49-50-46(54)58)35-22-33(27(3)4)41(55)24-42(35)56/h10-15,21-24,27,55-56,59H,5-9,16-20,25-26H2,1-4H3,(H,50,58). The zero-order valence-corrected chi connectivity index (χ0v) is 34.6. The van der Waals surface area contributed by atoms with Crippen LogP contribution in [0.25, 0.3) is 39.4 Å². The molecule has 60 heavy (non-hydrogen) atoms. The van der Waals surface area contributed by atoms with Gasteiger partial charge in [0.05, 0.1) is 40.3 Å². The van der Waals surface area contributed by atoms with Crippen LogP contribution < -0.4 is 16.1 Å². The van der Waals surface area contributed by atoms with Crippen LogP contribution in [0, 0.1) is 0 Å². The minimum atomic E-state index is -1.41. The van der Waals surface area contributed by atoms with Gasteiger partial charge in [0, 0.05) is 54.4 Å². The van der Waals surface area contributed by atoms with Gasteiger partial charge in [-0.05, 0) is 103 Å². The summed E-state index contributed by atoms with van der Waals surface area (Å²) in [7, 11) is 0. The molecule has 0 radical (unpaired) electrons. The fraction of sp³-hybridized carbons (Fsp3) is 0.362. The highest BCUT2D eigenvalue weighted by Crippen LogP contribution is 2.43. The van der Waals surface area contributed by atoms with Gasteiger partial charge < -0.3 is 29.5 Å². The molecule has 0 bridgehead atoms. The third-order valence-electron chi connectivity index (χ3n) is 12.9. The first-order valence-corrected chi connectivity index (χ1v) is 21.0. The topological polar surface area (TPSA) is 162 Å². The number of fused-ring (bicyclic) bond motifs is 5. The molecular formula is C47H51N7O6. The van der Waals surface area contributed by atoms with Gasteiger partial charge in [-0.1, -0.05) is 40.3 Å². The summed E-state index contributed by atoms with van der Waals surface area (Å²) < 4.78 is 8.91. The Kier molecular flexibility index (Phi) is 9.91. The van der Waals surface area contributed by atoms with E-state index in [1.54, 1.807) is 10.6 Å². The number of nitrogens with zero attached hydrogens (tertiary/aromatic N) is 6. The maximum Gasteiger partial charge on any atom is 0.348 e. The van der Waals surface area contributed by atoms with E-state index in [9.17, 15) is 24.9 Å². The lowest BCUT2D eigenvalue weighted by Crippen LogP contribution is -2.46. The first-order valence-electron chi connectivity index (χ1n) is 21.0. The molecule has 3 aliphatic rings. The van der Waals surface area contributed by atoms with Crippen molar-refractivity contribution in [2.24, 2.45) is 0 Å². The molecule has 0 saturated carbocycles. The molecule has 13 nitrogen and oxygen atoms in total. The van der Waals surface area contributed by atoms with Crippen molar-refractivity contribution in [1.82, 2.24) is 29.2 Å². The highest BCUT2D eigenvalue weighted by Gasteiger charge is 2.41. The number of pyridine rings is 2. The molecule has 13 heteroatoms. The molecule has 9 rings (SSSR count). The number of aromatic hydroxyl groups is 2. The summed E-state index contributed by atoms with van der Waals surface area (Å²) in [6.45, 7) is 17.1. The molecule has 3 aromatic carbocycles.